The van der Waals surface area contributed by atoms with Crippen molar-refractivity contribution in [3.63, 3.8) is 0 Å². The van der Waals surface area contributed by atoms with E-state index >= 15 is 0 Å². The number of methoxy groups -OCH3 is 1. The van der Waals surface area contributed by atoms with Crippen LogP contribution >= 0.6 is 11.3 Å². The number of thiophene rings is 1. The van der Waals surface area contributed by atoms with Crippen LogP contribution in [0.15, 0.2) is 29.6 Å². The number of non-ortho nitro benzene ring substituents is 1. The van der Waals surface area contributed by atoms with Gasteiger partial charge in [-0.2, -0.15) is 5.26 Å². The first-order chi connectivity index (χ1) is 9.63. The number of rotatable bonds is 5. The molecule has 20 heavy (non-hydrogen) atoms. The van der Waals surface area contributed by atoms with Gasteiger partial charge in [0.05, 0.1) is 23.3 Å². The van der Waals surface area contributed by atoms with Crippen molar-refractivity contribution in [1.82, 2.24) is 0 Å². The molecule has 0 saturated carbocycles. The molecule has 0 radical (unpaired) electrons. The van der Waals surface area contributed by atoms with E-state index in [0.29, 0.717) is 23.5 Å². The number of nitro benzene ring substituents is 1. The molecule has 6 nitrogen and oxygen atoms in total. The van der Waals surface area contributed by atoms with Gasteiger partial charge in [0.1, 0.15) is 11.8 Å². The van der Waals surface area contributed by atoms with E-state index < -0.39 is 4.92 Å². The van der Waals surface area contributed by atoms with E-state index in [1.54, 1.807) is 17.5 Å². The number of ether oxygens (including phenoxy) is 1. The zero-order valence-electron chi connectivity index (χ0n) is 10.6. The zero-order chi connectivity index (χ0) is 14.5. The molecule has 102 valence electrons. The van der Waals surface area contributed by atoms with Crippen molar-refractivity contribution < 1.29 is 9.66 Å². The molecular weight excluding hydrogens is 278 g/mol. The second kappa shape index (κ2) is 6.04. The fourth-order valence-electron chi connectivity index (χ4n) is 1.66. The average molecular weight is 289 g/mol. The molecule has 0 bridgehead atoms. The van der Waals surface area contributed by atoms with Crippen LogP contribution < -0.4 is 10.1 Å². The molecule has 1 aromatic carbocycles. The lowest BCUT2D eigenvalue weighted by Crippen LogP contribution is -2.01. The van der Waals surface area contributed by atoms with Crippen molar-refractivity contribution in [3.05, 3.63) is 50.2 Å². The summed E-state index contributed by atoms with van der Waals surface area (Å²) < 4.78 is 5.16. The summed E-state index contributed by atoms with van der Waals surface area (Å²) in [5, 5.41) is 24.4. The Kier molecular flexibility index (Phi) is 4.17. The first kappa shape index (κ1) is 13.8. The molecule has 0 aliphatic heterocycles. The van der Waals surface area contributed by atoms with Crippen LogP contribution in [0, 0.1) is 21.4 Å². The molecule has 0 unspecified atom stereocenters. The lowest BCUT2D eigenvalue weighted by molar-refractivity contribution is -0.384. The van der Waals surface area contributed by atoms with Gasteiger partial charge in [0, 0.05) is 28.9 Å². The van der Waals surface area contributed by atoms with Gasteiger partial charge in [-0.1, -0.05) is 0 Å². The van der Waals surface area contributed by atoms with Gasteiger partial charge in [0.15, 0.2) is 0 Å². The lowest BCUT2D eigenvalue weighted by atomic mass is 10.2. The highest BCUT2D eigenvalue weighted by atomic mass is 32.1. The van der Waals surface area contributed by atoms with Crippen LogP contribution in [0.1, 0.15) is 10.4 Å². The topological polar surface area (TPSA) is 88.2 Å². The Hall–Kier alpha value is -2.59. The SMILES string of the molecule is COc1ccc([N+](=O)[O-])cc1NCc1cc(C#N)cs1. The highest BCUT2D eigenvalue weighted by molar-refractivity contribution is 7.10. The molecule has 7 heteroatoms. The Morgan fingerprint density at radius 2 is 2.30 bits per heavy atom. The zero-order valence-corrected chi connectivity index (χ0v) is 11.4. The summed E-state index contributed by atoms with van der Waals surface area (Å²) in [7, 11) is 1.51. The Morgan fingerprint density at radius 3 is 2.90 bits per heavy atom. The number of nitro groups is 1. The lowest BCUT2D eigenvalue weighted by Gasteiger charge is -2.10. The van der Waals surface area contributed by atoms with Crippen LogP contribution in [0.4, 0.5) is 11.4 Å². The molecule has 0 amide bonds. The number of benzene rings is 1. The minimum atomic E-state index is -0.455. The van der Waals surface area contributed by atoms with Gasteiger partial charge in [-0.05, 0) is 12.1 Å². The highest BCUT2D eigenvalue weighted by Crippen LogP contribution is 2.29. The maximum Gasteiger partial charge on any atom is 0.271 e. The molecule has 1 N–H and O–H groups in total. The summed E-state index contributed by atoms with van der Waals surface area (Å²) in [6.07, 6.45) is 0. The minimum Gasteiger partial charge on any atom is -0.495 e. The van der Waals surface area contributed by atoms with Crippen LogP contribution in [0.5, 0.6) is 5.75 Å². The van der Waals surface area contributed by atoms with Crippen molar-refractivity contribution in [1.29, 1.82) is 5.26 Å². The molecule has 0 aliphatic carbocycles. The molecule has 0 fully saturated rings. The van der Waals surface area contributed by atoms with Crippen LogP contribution in [0.25, 0.3) is 0 Å². The third-order valence-corrected chi connectivity index (χ3v) is 3.57. The van der Waals surface area contributed by atoms with Gasteiger partial charge in [0.25, 0.3) is 5.69 Å². The van der Waals surface area contributed by atoms with Crippen molar-refractivity contribution in [2.45, 2.75) is 6.54 Å². The van der Waals surface area contributed by atoms with Crippen LogP contribution in [-0.2, 0) is 6.54 Å². The molecule has 1 heterocycles. The first-order valence-corrected chi connectivity index (χ1v) is 6.56. The van der Waals surface area contributed by atoms with E-state index in [2.05, 4.69) is 11.4 Å². The molecular formula is C13H11N3O3S. The number of hydrogen-bond acceptors (Lipinski definition) is 6. The minimum absolute atomic E-state index is 0.00260. The molecule has 0 atom stereocenters. The van der Waals surface area contributed by atoms with E-state index in [-0.39, 0.29) is 5.69 Å². The fraction of sp³-hybridized carbons (Fsp3) is 0.154. The fourth-order valence-corrected chi connectivity index (χ4v) is 2.41. The second-order valence-corrected chi connectivity index (χ2v) is 4.90. The summed E-state index contributed by atoms with van der Waals surface area (Å²) in [5.74, 6) is 0.535. The Labute approximate surface area is 119 Å². The summed E-state index contributed by atoms with van der Waals surface area (Å²) in [4.78, 5) is 11.3. The third kappa shape index (κ3) is 3.05. The van der Waals surface area contributed by atoms with Crippen molar-refractivity contribution in [3.8, 4) is 11.8 Å². The predicted molar refractivity (Wildman–Crippen MR) is 76.0 cm³/mol. The summed E-state index contributed by atoms with van der Waals surface area (Å²) >= 11 is 1.46. The molecule has 2 aromatic rings. The Morgan fingerprint density at radius 1 is 1.50 bits per heavy atom. The van der Waals surface area contributed by atoms with E-state index in [1.807, 2.05) is 0 Å². The predicted octanol–water partition coefficient (Wildman–Crippen LogP) is 3.15. The maximum absolute atomic E-state index is 10.8. The number of nitriles is 1. The van der Waals surface area contributed by atoms with Gasteiger partial charge in [-0.15, -0.1) is 11.3 Å². The average Bonchev–Trinajstić information content (AvgIpc) is 2.92. The number of nitrogens with zero attached hydrogens (tertiary/aromatic N) is 2. The van der Waals surface area contributed by atoms with E-state index in [9.17, 15) is 10.1 Å². The quantitative estimate of drug-likeness (QED) is 0.674. The molecule has 0 saturated heterocycles. The van der Waals surface area contributed by atoms with Gasteiger partial charge >= 0.3 is 0 Å². The van der Waals surface area contributed by atoms with Crippen LogP contribution in [-0.4, -0.2) is 12.0 Å². The van der Waals surface area contributed by atoms with Gasteiger partial charge in [-0.3, -0.25) is 10.1 Å². The monoisotopic (exact) mass is 289 g/mol. The molecule has 2 rings (SSSR count). The van der Waals surface area contributed by atoms with Crippen molar-refractivity contribution in [2.75, 3.05) is 12.4 Å². The molecule has 0 spiro atoms. The number of anilines is 1. The van der Waals surface area contributed by atoms with E-state index in [0.717, 1.165) is 4.88 Å². The maximum atomic E-state index is 10.8. The summed E-state index contributed by atoms with van der Waals surface area (Å²) in [6, 6.07) is 8.21. The Balaban J connectivity index is 2.17. The number of nitrogens with one attached hydrogen (secondary N) is 1. The van der Waals surface area contributed by atoms with Crippen molar-refractivity contribution in [2.24, 2.45) is 0 Å². The van der Waals surface area contributed by atoms with Gasteiger partial charge in [-0.25, -0.2) is 0 Å². The number of hydrogen-bond donors (Lipinski definition) is 1. The molecule has 0 aliphatic rings. The van der Waals surface area contributed by atoms with Crippen molar-refractivity contribution >= 4 is 22.7 Å². The largest absolute Gasteiger partial charge is 0.495 e. The second-order valence-electron chi connectivity index (χ2n) is 3.91. The van der Waals surface area contributed by atoms with E-state index in [1.165, 1.54) is 30.6 Å². The standard InChI is InChI=1S/C13H11N3O3S/c1-19-13-3-2-10(16(17)18)5-12(13)15-7-11-4-9(6-14)8-20-11/h2-5,8,15H,7H2,1H3. The van der Waals surface area contributed by atoms with Crippen LogP contribution in [0.3, 0.4) is 0 Å². The third-order valence-electron chi connectivity index (χ3n) is 2.63. The summed E-state index contributed by atoms with van der Waals surface area (Å²) in [6.45, 7) is 0.476. The highest BCUT2D eigenvalue weighted by Gasteiger charge is 2.11. The Bertz CT molecular complexity index is 676. The smallest absolute Gasteiger partial charge is 0.271 e. The van der Waals surface area contributed by atoms with Gasteiger partial charge in [0.2, 0.25) is 0 Å². The van der Waals surface area contributed by atoms with Crippen LogP contribution in [0.2, 0.25) is 0 Å². The first-order valence-electron chi connectivity index (χ1n) is 5.68. The normalized spacial score (nSPS) is 9.80. The van der Waals surface area contributed by atoms with E-state index in [4.69, 9.17) is 10.00 Å². The van der Waals surface area contributed by atoms with Gasteiger partial charge < -0.3 is 10.1 Å². The molecule has 1 aromatic heterocycles. The summed E-state index contributed by atoms with van der Waals surface area (Å²) in [5.41, 5.74) is 1.16.